The van der Waals surface area contributed by atoms with Gasteiger partial charge in [0.05, 0.1) is 18.9 Å². The van der Waals surface area contributed by atoms with Gasteiger partial charge in [-0.2, -0.15) is 0 Å². The van der Waals surface area contributed by atoms with Gasteiger partial charge in [0.1, 0.15) is 11.8 Å². The van der Waals surface area contributed by atoms with Crippen LogP contribution in [-0.4, -0.2) is 30.7 Å². The Hall–Kier alpha value is -0.640. The number of hydrogen-bond donors (Lipinski definition) is 0. The lowest BCUT2D eigenvalue weighted by Crippen LogP contribution is -2.39. The first-order valence-corrected chi connectivity index (χ1v) is 7.99. The van der Waals surface area contributed by atoms with Gasteiger partial charge in [-0.15, -0.1) is 0 Å². The first-order chi connectivity index (χ1) is 8.62. The van der Waals surface area contributed by atoms with Crippen molar-refractivity contribution in [3.8, 4) is 0 Å². The number of oxime groups is 1. The topological polar surface area (TPSA) is 57.1 Å². The molecule has 0 aromatic carbocycles. The number of nitrogens with zero attached hydrogens (tertiary/aromatic N) is 1. The van der Waals surface area contributed by atoms with Gasteiger partial charge in [0, 0.05) is 12.3 Å². The molecule has 18 heavy (non-hydrogen) atoms. The van der Waals surface area contributed by atoms with E-state index in [1.807, 2.05) is 32.9 Å². The molecule has 2 aliphatic rings. The van der Waals surface area contributed by atoms with Crippen LogP contribution in [0.15, 0.2) is 17.3 Å². The third-order valence-corrected chi connectivity index (χ3v) is 5.87. The highest BCUT2D eigenvalue weighted by Crippen LogP contribution is 2.58. The van der Waals surface area contributed by atoms with Crippen LogP contribution >= 0.6 is 7.60 Å². The summed E-state index contributed by atoms with van der Waals surface area (Å²) in [5.74, 6) is 0.0337. The zero-order valence-electron chi connectivity index (χ0n) is 11.0. The highest BCUT2D eigenvalue weighted by molar-refractivity contribution is 7.55. The average molecular weight is 273 g/mol. The van der Waals surface area contributed by atoms with Gasteiger partial charge in [-0.3, -0.25) is 4.57 Å². The van der Waals surface area contributed by atoms with Crippen molar-refractivity contribution in [1.82, 2.24) is 0 Å². The van der Waals surface area contributed by atoms with E-state index in [1.165, 1.54) is 0 Å². The summed E-state index contributed by atoms with van der Waals surface area (Å²) in [5.41, 5.74) is 0.364. The van der Waals surface area contributed by atoms with E-state index in [1.54, 1.807) is 0 Å². The van der Waals surface area contributed by atoms with E-state index in [0.29, 0.717) is 18.9 Å². The average Bonchev–Trinajstić information content (AvgIpc) is 2.77. The standard InChI is InChI=1S/C12H20NO4P/c1-4-15-18(14,16-5-2)12-9(3)13-17-11-8-6-7-10(11)12/h6-7,10-12H,4-5,8H2,1-3H3/t10-,11+,12-/m0/s1. The van der Waals surface area contributed by atoms with E-state index in [2.05, 4.69) is 5.16 Å². The largest absolute Gasteiger partial charge is 0.392 e. The predicted octanol–water partition coefficient (Wildman–Crippen LogP) is 2.97. The SMILES string of the molecule is CCOP(=O)(OCC)[C@H]1C(C)=NO[C@@H]2CC=C[C@@H]21. The van der Waals surface area contributed by atoms with Gasteiger partial charge in [0.2, 0.25) is 0 Å². The quantitative estimate of drug-likeness (QED) is 0.570. The summed E-state index contributed by atoms with van der Waals surface area (Å²) in [7, 11) is -3.18. The Bertz CT molecular complexity index is 397. The highest BCUT2D eigenvalue weighted by atomic mass is 31.2. The van der Waals surface area contributed by atoms with Crippen LogP contribution in [0.3, 0.4) is 0 Å². The van der Waals surface area contributed by atoms with Crippen molar-refractivity contribution in [2.75, 3.05) is 13.2 Å². The number of fused-ring (bicyclic) bond motifs is 1. The Balaban J connectivity index is 2.31. The second kappa shape index (κ2) is 5.55. The van der Waals surface area contributed by atoms with E-state index < -0.39 is 7.60 Å². The van der Waals surface area contributed by atoms with Crippen molar-refractivity contribution in [2.45, 2.75) is 39.0 Å². The zero-order valence-corrected chi connectivity index (χ0v) is 11.9. The fourth-order valence-corrected chi connectivity index (χ4v) is 4.89. The Morgan fingerprint density at radius 3 is 2.72 bits per heavy atom. The first kappa shape index (κ1) is 13.8. The molecule has 2 rings (SSSR count). The maximum absolute atomic E-state index is 12.9. The van der Waals surface area contributed by atoms with E-state index in [9.17, 15) is 4.57 Å². The second-order valence-electron chi connectivity index (χ2n) is 4.44. The monoisotopic (exact) mass is 273 g/mol. The fraction of sp³-hybridized carbons (Fsp3) is 0.750. The van der Waals surface area contributed by atoms with Crippen molar-refractivity contribution in [1.29, 1.82) is 0 Å². The molecule has 0 fully saturated rings. The fourth-order valence-electron chi connectivity index (χ4n) is 2.55. The Labute approximate surface area is 108 Å². The molecule has 0 bridgehead atoms. The molecule has 1 aliphatic heterocycles. The van der Waals surface area contributed by atoms with Crippen LogP contribution in [0.25, 0.3) is 0 Å². The Morgan fingerprint density at radius 2 is 2.11 bits per heavy atom. The van der Waals surface area contributed by atoms with Gasteiger partial charge in [-0.05, 0) is 20.8 Å². The van der Waals surface area contributed by atoms with Crippen LogP contribution in [0.2, 0.25) is 0 Å². The third kappa shape index (κ3) is 2.40. The summed E-state index contributed by atoms with van der Waals surface area (Å²) in [5, 5.41) is 4.03. The van der Waals surface area contributed by atoms with Crippen LogP contribution in [0.1, 0.15) is 27.2 Å². The molecule has 5 nitrogen and oxygen atoms in total. The molecule has 0 spiro atoms. The molecule has 0 saturated heterocycles. The van der Waals surface area contributed by atoms with Gasteiger partial charge in [-0.25, -0.2) is 0 Å². The summed E-state index contributed by atoms with van der Waals surface area (Å²) < 4.78 is 23.8. The Kier molecular flexibility index (Phi) is 4.25. The molecule has 1 heterocycles. The molecule has 1 aliphatic carbocycles. The van der Waals surface area contributed by atoms with Crippen molar-refractivity contribution in [3.05, 3.63) is 12.2 Å². The van der Waals surface area contributed by atoms with Crippen LogP contribution < -0.4 is 0 Å². The molecule has 0 amide bonds. The molecule has 0 radical (unpaired) electrons. The molecule has 0 aromatic heterocycles. The predicted molar refractivity (Wildman–Crippen MR) is 69.9 cm³/mol. The maximum atomic E-state index is 12.9. The van der Waals surface area contributed by atoms with Gasteiger partial charge in [0.25, 0.3) is 0 Å². The molecule has 0 saturated carbocycles. The van der Waals surface area contributed by atoms with Crippen LogP contribution in [0, 0.1) is 5.92 Å². The lowest BCUT2D eigenvalue weighted by atomic mass is 9.98. The zero-order chi connectivity index (χ0) is 13.2. The molecular weight excluding hydrogens is 253 g/mol. The summed E-state index contributed by atoms with van der Waals surface area (Å²) in [6, 6.07) is 0. The van der Waals surface area contributed by atoms with Gasteiger partial charge in [-0.1, -0.05) is 17.3 Å². The van der Waals surface area contributed by atoms with Crippen molar-refractivity contribution in [2.24, 2.45) is 11.1 Å². The van der Waals surface area contributed by atoms with Crippen molar-refractivity contribution < 1.29 is 18.5 Å². The van der Waals surface area contributed by atoms with Gasteiger partial charge < -0.3 is 13.9 Å². The molecular formula is C12H20NO4P. The molecule has 0 unspecified atom stereocenters. The second-order valence-corrected chi connectivity index (χ2v) is 6.59. The summed E-state index contributed by atoms with van der Waals surface area (Å²) >= 11 is 0. The van der Waals surface area contributed by atoms with Crippen molar-refractivity contribution >= 4 is 13.3 Å². The normalized spacial score (nSPS) is 30.8. The third-order valence-electron chi connectivity index (χ3n) is 3.24. The van der Waals surface area contributed by atoms with E-state index in [-0.39, 0.29) is 17.7 Å². The summed E-state index contributed by atoms with van der Waals surface area (Å²) in [6.07, 6.45) is 4.85. The van der Waals surface area contributed by atoms with Crippen LogP contribution in [0.4, 0.5) is 0 Å². The Morgan fingerprint density at radius 1 is 1.44 bits per heavy atom. The molecule has 102 valence electrons. The van der Waals surface area contributed by atoms with E-state index >= 15 is 0 Å². The maximum Gasteiger partial charge on any atom is 0.340 e. The number of rotatable bonds is 5. The van der Waals surface area contributed by atoms with Crippen LogP contribution in [-0.2, 0) is 18.5 Å². The highest BCUT2D eigenvalue weighted by Gasteiger charge is 2.49. The summed E-state index contributed by atoms with van der Waals surface area (Å²) in [4.78, 5) is 5.39. The molecule has 3 atom stereocenters. The first-order valence-electron chi connectivity index (χ1n) is 6.38. The lowest BCUT2D eigenvalue weighted by Gasteiger charge is -2.34. The van der Waals surface area contributed by atoms with Crippen LogP contribution in [0.5, 0.6) is 0 Å². The lowest BCUT2D eigenvalue weighted by molar-refractivity contribution is 0.0259. The smallest absolute Gasteiger partial charge is 0.340 e. The number of hydrogen-bond acceptors (Lipinski definition) is 5. The van der Waals surface area contributed by atoms with E-state index in [0.717, 1.165) is 6.42 Å². The minimum atomic E-state index is -3.18. The molecule has 6 heteroatoms. The molecule has 0 N–H and O–H groups in total. The van der Waals surface area contributed by atoms with Gasteiger partial charge >= 0.3 is 7.60 Å². The van der Waals surface area contributed by atoms with Crippen molar-refractivity contribution in [3.63, 3.8) is 0 Å². The molecule has 0 aromatic rings. The minimum Gasteiger partial charge on any atom is -0.392 e. The van der Waals surface area contributed by atoms with Gasteiger partial charge in [0.15, 0.2) is 0 Å². The van der Waals surface area contributed by atoms with E-state index in [4.69, 9.17) is 13.9 Å². The summed E-state index contributed by atoms with van der Waals surface area (Å²) in [6.45, 7) is 6.18. The minimum absolute atomic E-state index is 0.0337.